The number of carbonyl (C=O) groups is 2. The van der Waals surface area contributed by atoms with E-state index >= 15 is 0 Å². The van der Waals surface area contributed by atoms with Gasteiger partial charge in [0.15, 0.2) is 0 Å². The zero-order valence-corrected chi connectivity index (χ0v) is 15.8. The first-order valence-electron chi connectivity index (χ1n) is 9.72. The van der Waals surface area contributed by atoms with E-state index in [1.54, 1.807) is 0 Å². The van der Waals surface area contributed by atoms with Crippen LogP contribution in [0.25, 0.3) is 10.8 Å². The van der Waals surface area contributed by atoms with Crippen LogP contribution >= 0.6 is 0 Å². The van der Waals surface area contributed by atoms with Crippen LogP contribution in [0.2, 0.25) is 0 Å². The van der Waals surface area contributed by atoms with Gasteiger partial charge in [-0.1, -0.05) is 84.9 Å². The highest BCUT2D eigenvalue weighted by molar-refractivity contribution is 6.27. The van der Waals surface area contributed by atoms with Crippen molar-refractivity contribution in [2.75, 3.05) is 0 Å². The Kier molecular flexibility index (Phi) is 4.21. The van der Waals surface area contributed by atoms with Crippen LogP contribution in [-0.2, 0) is 12.8 Å². The fraction of sp³-hybridized carbons (Fsp3) is 0.0769. The van der Waals surface area contributed by atoms with Crippen molar-refractivity contribution in [3.63, 3.8) is 0 Å². The minimum atomic E-state index is -0.304. The predicted octanol–water partition coefficient (Wildman–Crippen LogP) is 4.91. The minimum Gasteiger partial charge on any atom is -0.288 e. The van der Waals surface area contributed by atoms with E-state index in [1.807, 2.05) is 54.6 Å². The zero-order chi connectivity index (χ0) is 19.8. The van der Waals surface area contributed by atoms with E-state index in [9.17, 15) is 9.59 Å². The molecule has 0 spiro atoms. The summed E-state index contributed by atoms with van der Waals surface area (Å²) in [5, 5.41) is 4.39. The summed E-state index contributed by atoms with van der Waals surface area (Å²) < 4.78 is 0. The van der Waals surface area contributed by atoms with E-state index in [-0.39, 0.29) is 11.8 Å². The molecular formula is C26H19NO2. The van der Waals surface area contributed by atoms with Crippen LogP contribution in [0.15, 0.2) is 84.9 Å². The Morgan fingerprint density at radius 3 is 1.62 bits per heavy atom. The number of carbonyl (C=O) groups excluding carboxylic acids is 2. The fourth-order valence-electron chi connectivity index (χ4n) is 4.27. The average molecular weight is 377 g/mol. The Morgan fingerprint density at radius 2 is 1.00 bits per heavy atom. The van der Waals surface area contributed by atoms with Gasteiger partial charge >= 0.3 is 0 Å². The van der Waals surface area contributed by atoms with E-state index in [4.69, 9.17) is 0 Å². The standard InChI is InChI=1S/C26H19NO2/c28-25-23-20-14-8-7-13-19(20)21(15-17-9-3-1-4-10-17)22(24(23)26(29)27-25)16-18-11-5-2-6-12-18/h1-14H,15-16H2,(H,27,28,29). The van der Waals surface area contributed by atoms with E-state index in [1.165, 1.54) is 5.56 Å². The Labute approximate surface area is 169 Å². The number of amides is 2. The monoisotopic (exact) mass is 377 g/mol. The van der Waals surface area contributed by atoms with E-state index < -0.39 is 0 Å². The minimum absolute atomic E-state index is 0.295. The molecule has 1 heterocycles. The summed E-state index contributed by atoms with van der Waals surface area (Å²) in [5.74, 6) is -0.599. The van der Waals surface area contributed by atoms with Crippen molar-refractivity contribution >= 4 is 22.6 Å². The molecule has 0 aliphatic carbocycles. The van der Waals surface area contributed by atoms with Gasteiger partial charge in [-0.05, 0) is 45.9 Å². The molecule has 29 heavy (non-hydrogen) atoms. The highest BCUT2D eigenvalue weighted by Crippen LogP contribution is 2.36. The summed E-state index contributed by atoms with van der Waals surface area (Å²) in [6.07, 6.45) is 1.31. The second-order valence-electron chi connectivity index (χ2n) is 7.36. The summed E-state index contributed by atoms with van der Waals surface area (Å²) in [7, 11) is 0. The molecule has 0 saturated carbocycles. The molecule has 3 heteroatoms. The Morgan fingerprint density at radius 1 is 0.517 bits per heavy atom. The third-order valence-electron chi connectivity index (χ3n) is 5.57. The molecule has 0 saturated heterocycles. The van der Waals surface area contributed by atoms with Crippen molar-refractivity contribution in [1.82, 2.24) is 5.32 Å². The van der Waals surface area contributed by atoms with Gasteiger partial charge in [-0.3, -0.25) is 14.9 Å². The van der Waals surface area contributed by atoms with Crippen molar-refractivity contribution in [3.8, 4) is 0 Å². The summed E-state index contributed by atoms with van der Waals surface area (Å²) in [5.41, 5.74) is 5.39. The number of imide groups is 1. The second kappa shape index (κ2) is 7.02. The van der Waals surface area contributed by atoms with Gasteiger partial charge in [-0.2, -0.15) is 0 Å². The lowest BCUT2D eigenvalue weighted by atomic mass is 9.84. The molecule has 0 unspecified atom stereocenters. The topological polar surface area (TPSA) is 46.2 Å². The van der Waals surface area contributed by atoms with Crippen LogP contribution in [0, 0.1) is 0 Å². The van der Waals surface area contributed by atoms with E-state index in [0.717, 1.165) is 27.5 Å². The SMILES string of the molecule is O=C1NC(=O)c2c1c(Cc1ccccc1)c(Cc1ccccc1)c1ccccc21. The van der Waals surface area contributed by atoms with E-state index in [2.05, 4.69) is 35.6 Å². The lowest BCUT2D eigenvalue weighted by Crippen LogP contribution is -2.20. The van der Waals surface area contributed by atoms with Crippen LogP contribution in [0.1, 0.15) is 43.0 Å². The predicted molar refractivity (Wildman–Crippen MR) is 114 cm³/mol. The van der Waals surface area contributed by atoms with Crippen molar-refractivity contribution < 1.29 is 9.59 Å². The number of fused-ring (bicyclic) bond motifs is 3. The Hall–Kier alpha value is -3.72. The molecular weight excluding hydrogens is 358 g/mol. The summed E-state index contributed by atoms with van der Waals surface area (Å²) in [6, 6.07) is 28.2. The summed E-state index contributed by atoms with van der Waals surface area (Å²) in [6.45, 7) is 0. The molecule has 0 atom stereocenters. The maximum Gasteiger partial charge on any atom is 0.259 e. The molecule has 2 amide bonds. The molecule has 1 N–H and O–H groups in total. The van der Waals surface area contributed by atoms with Gasteiger partial charge in [0.1, 0.15) is 0 Å². The molecule has 4 aromatic carbocycles. The average Bonchev–Trinajstić information content (AvgIpc) is 3.06. The van der Waals surface area contributed by atoms with Gasteiger partial charge in [-0.15, -0.1) is 0 Å². The van der Waals surface area contributed by atoms with Crippen molar-refractivity contribution in [1.29, 1.82) is 0 Å². The number of nitrogens with one attached hydrogen (secondary N) is 1. The third kappa shape index (κ3) is 3.01. The smallest absolute Gasteiger partial charge is 0.259 e. The largest absolute Gasteiger partial charge is 0.288 e. The molecule has 3 nitrogen and oxygen atoms in total. The molecule has 0 fully saturated rings. The summed E-state index contributed by atoms with van der Waals surface area (Å²) in [4.78, 5) is 25.4. The Balaban J connectivity index is 1.81. The van der Waals surface area contributed by atoms with Gasteiger partial charge in [-0.25, -0.2) is 0 Å². The van der Waals surface area contributed by atoms with Gasteiger partial charge < -0.3 is 0 Å². The van der Waals surface area contributed by atoms with Crippen molar-refractivity contribution in [2.24, 2.45) is 0 Å². The lowest BCUT2D eigenvalue weighted by molar-refractivity contribution is 0.0880. The number of rotatable bonds is 4. The number of benzene rings is 4. The molecule has 1 aliphatic rings. The highest BCUT2D eigenvalue weighted by atomic mass is 16.2. The van der Waals surface area contributed by atoms with Crippen LogP contribution in [0.5, 0.6) is 0 Å². The zero-order valence-electron chi connectivity index (χ0n) is 15.8. The van der Waals surface area contributed by atoms with Crippen molar-refractivity contribution in [3.05, 3.63) is 118 Å². The van der Waals surface area contributed by atoms with Crippen LogP contribution < -0.4 is 5.32 Å². The quantitative estimate of drug-likeness (QED) is 0.514. The van der Waals surface area contributed by atoms with Gasteiger partial charge in [0.05, 0.1) is 11.1 Å². The first kappa shape index (κ1) is 17.4. The fourth-order valence-corrected chi connectivity index (χ4v) is 4.27. The first-order chi connectivity index (χ1) is 14.2. The molecule has 4 aromatic rings. The normalized spacial score (nSPS) is 12.8. The van der Waals surface area contributed by atoms with Gasteiger partial charge in [0, 0.05) is 0 Å². The number of hydrogen-bond donors (Lipinski definition) is 1. The number of hydrogen-bond acceptors (Lipinski definition) is 2. The third-order valence-corrected chi connectivity index (χ3v) is 5.57. The van der Waals surface area contributed by atoms with E-state index in [0.29, 0.717) is 24.0 Å². The maximum absolute atomic E-state index is 12.8. The van der Waals surface area contributed by atoms with Crippen LogP contribution in [-0.4, -0.2) is 11.8 Å². The van der Waals surface area contributed by atoms with Gasteiger partial charge in [0.25, 0.3) is 11.8 Å². The molecule has 0 aromatic heterocycles. The maximum atomic E-state index is 12.8. The summed E-state index contributed by atoms with van der Waals surface area (Å²) >= 11 is 0. The molecule has 5 rings (SSSR count). The van der Waals surface area contributed by atoms with Crippen molar-refractivity contribution in [2.45, 2.75) is 12.8 Å². The molecule has 0 radical (unpaired) electrons. The lowest BCUT2D eigenvalue weighted by Gasteiger charge is -2.18. The molecule has 1 aliphatic heterocycles. The van der Waals surface area contributed by atoms with Crippen LogP contribution in [0.3, 0.4) is 0 Å². The molecule has 0 bridgehead atoms. The highest BCUT2D eigenvalue weighted by Gasteiger charge is 2.33. The Bertz CT molecular complexity index is 1240. The molecule has 140 valence electrons. The van der Waals surface area contributed by atoms with Crippen LogP contribution in [0.4, 0.5) is 0 Å². The second-order valence-corrected chi connectivity index (χ2v) is 7.36. The first-order valence-corrected chi connectivity index (χ1v) is 9.72. The van der Waals surface area contributed by atoms with Gasteiger partial charge in [0.2, 0.25) is 0 Å².